The van der Waals surface area contributed by atoms with Gasteiger partial charge in [-0.3, -0.25) is 9.69 Å². The first kappa shape index (κ1) is 20.8. The number of piperazine rings is 1. The minimum absolute atomic E-state index is 0.0671. The fraction of sp³-hybridized carbons (Fsp3) is 0.350. The molecule has 8 heteroatoms. The Morgan fingerprint density at radius 1 is 1.07 bits per heavy atom. The van der Waals surface area contributed by atoms with E-state index in [9.17, 15) is 13.2 Å². The lowest BCUT2D eigenvalue weighted by Gasteiger charge is -2.33. The molecule has 1 saturated heterocycles. The molecule has 1 fully saturated rings. The van der Waals surface area contributed by atoms with Crippen LogP contribution in [0.3, 0.4) is 0 Å². The molecule has 0 aliphatic carbocycles. The van der Waals surface area contributed by atoms with Gasteiger partial charge in [-0.1, -0.05) is 48.0 Å². The van der Waals surface area contributed by atoms with E-state index >= 15 is 0 Å². The molecule has 0 spiro atoms. The predicted octanol–water partition coefficient (Wildman–Crippen LogP) is 2.52. The summed E-state index contributed by atoms with van der Waals surface area (Å²) in [6.45, 7) is 3.90. The lowest BCUT2D eigenvalue weighted by atomic mass is 10.1. The van der Waals surface area contributed by atoms with Gasteiger partial charge in [-0.2, -0.15) is 4.31 Å². The first-order valence-electron chi connectivity index (χ1n) is 9.18. The standard InChI is InChI=1S/C20H24ClN3O3S/c1-16(17-6-3-2-4-7-17)22-20(25)15-23-10-12-24(13-11-23)28(26,27)19-9-5-8-18(21)14-19/h2-9,14,16H,10-13,15H2,1H3,(H,22,25). The molecule has 0 saturated carbocycles. The van der Waals surface area contributed by atoms with E-state index in [2.05, 4.69) is 5.32 Å². The van der Waals surface area contributed by atoms with Crippen LogP contribution >= 0.6 is 11.6 Å². The molecule has 1 N–H and O–H groups in total. The van der Waals surface area contributed by atoms with Crippen molar-refractivity contribution in [1.82, 2.24) is 14.5 Å². The normalized spacial score (nSPS) is 17.2. The molecule has 28 heavy (non-hydrogen) atoms. The van der Waals surface area contributed by atoms with Crippen molar-refractivity contribution in [1.29, 1.82) is 0 Å². The molecule has 0 bridgehead atoms. The molecule has 2 aromatic carbocycles. The van der Waals surface area contributed by atoms with Gasteiger partial charge in [0.2, 0.25) is 15.9 Å². The van der Waals surface area contributed by atoms with Crippen LogP contribution in [0.2, 0.25) is 5.02 Å². The molecule has 1 amide bonds. The van der Waals surface area contributed by atoms with E-state index in [0.29, 0.717) is 31.2 Å². The van der Waals surface area contributed by atoms with Crippen LogP contribution in [0.25, 0.3) is 0 Å². The van der Waals surface area contributed by atoms with Gasteiger partial charge in [-0.15, -0.1) is 0 Å². The van der Waals surface area contributed by atoms with Crippen molar-refractivity contribution in [3.05, 3.63) is 65.2 Å². The van der Waals surface area contributed by atoms with E-state index in [1.165, 1.54) is 10.4 Å². The van der Waals surface area contributed by atoms with E-state index < -0.39 is 10.0 Å². The van der Waals surface area contributed by atoms with Gasteiger partial charge in [0.05, 0.1) is 17.5 Å². The number of carbonyl (C=O) groups excluding carboxylic acids is 1. The van der Waals surface area contributed by atoms with Crippen LogP contribution in [-0.4, -0.2) is 56.3 Å². The van der Waals surface area contributed by atoms with Gasteiger partial charge in [0, 0.05) is 31.2 Å². The number of hydrogen-bond donors (Lipinski definition) is 1. The molecule has 150 valence electrons. The van der Waals surface area contributed by atoms with Crippen molar-refractivity contribution < 1.29 is 13.2 Å². The van der Waals surface area contributed by atoms with Gasteiger partial charge in [0.1, 0.15) is 0 Å². The van der Waals surface area contributed by atoms with Crippen LogP contribution in [0.1, 0.15) is 18.5 Å². The lowest BCUT2D eigenvalue weighted by molar-refractivity contribution is -0.123. The Morgan fingerprint density at radius 3 is 2.39 bits per heavy atom. The second kappa shape index (κ2) is 9.05. The fourth-order valence-corrected chi connectivity index (χ4v) is 4.94. The zero-order valence-electron chi connectivity index (χ0n) is 15.7. The van der Waals surface area contributed by atoms with Crippen molar-refractivity contribution >= 4 is 27.5 Å². The SMILES string of the molecule is CC(NC(=O)CN1CCN(S(=O)(=O)c2cccc(Cl)c2)CC1)c1ccccc1. The molecule has 1 aliphatic heterocycles. The molecule has 6 nitrogen and oxygen atoms in total. The molecule has 1 heterocycles. The molecular weight excluding hydrogens is 398 g/mol. The van der Waals surface area contributed by atoms with Gasteiger partial charge in [0.15, 0.2) is 0 Å². The minimum Gasteiger partial charge on any atom is -0.348 e. The third-order valence-corrected chi connectivity index (χ3v) is 6.94. The summed E-state index contributed by atoms with van der Waals surface area (Å²) in [5.74, 6) is -0.0671. The summed E-state index contributed by atoms with van der Waals surface area (Å²) in [6.07, 6.45) is 0. The lowest BCUT2D eigenvalue weighted by Crippen LogP contribution is -2.51. The Morgan fingerprint density at radius 2 is 1.75 bits per heavy atom. The van der Waals surface area contributed by atoms with Crippen molar-refractivity contribution in [2.45, 2.75) is 17.9 Å². The van der Waals surface area contributed by atoms with E-state index in [1.807, 2.05) is 42.2 Å². The maximum atomic E-state index is 12.7. The second-order valence-corrected chi connectivity index (χ2v) is 9.21. The van der Waals surface area contributed by atoms with E-state index in [1.54, 1.807) is 18.2 Å². The Bertz CT molecular complexity index is 913. The average Bonchev–Trinajstić information content (AvgIpc) is 2.69. The Kier molecular flexibility index (Phi) is 6.72. The first-order chi connectivity index (χ1) is 13.4. The van der Waals surface area contributed by atoms with Crippen LogP contribution in [0, 0.1) is 0 Å². The number of sulfonamides is 1. The summed E-state index contributed by atoms with van der Waals surface area (Å²) >= 11 is 5.92. The monoisotopic (exact) mass is 421 g/mol. The minimum atomic E-state index is -3.57. The van der Waals surface area contributed by atoms with E-state index in [4.69, 9.17) is 11.6 Å². The highest BCUT2D eigenvalue weighted by molar-refractivity contribution is 7.89. The molecule has 3 rings (SSSR count). The van der Waals surface area contributed by atoms with Crippen LogP contribution in [-0.2, 0) is 14.8 Å². The summed E-state index contributed by atoms with van der Waals surface area (Å²) in [7, 11) is -3.57. The Labute approximate surface area is 171 Å². The molecule has 1 aliphatic rings. The second-order valence-electron chi connectivity index (χ2n) is 6.84. The first-order valence-corrected chi connectivity index (χ1v) is 11.0. The third kappa shape index (κ3) is 5.11. The van der Waals surface area contributed by atoms with Gasteiger partial charge < -0.3 is 5.32 Å². The Balaban J connectivity index is 1.52. The highest BCUT2D eigenvalue weighted by atomic mass is 35.5. The molecule has 0 aromatic heterocycles. The number of nitrogens with one attached hydrogen (secondary N) is 1. The van der Waals surface area contributed by atoms with Gasteiger partial charge >= 0.3 is 0 Å². The predicted molar refractivity (Wildman–Crippen MR) is 110 cm³/mol. The topological polar surface area (TPSA) is 69.7 Å². The summed E-state index contributed by atoms with van der Waals surface area (Å²) in [5, 5.41) is 3.38. The summed E-state index contributed by atoms with van der Waals surface area (Å²) in [6, 6.07) is 16.0. The fourth-order valence-electron chi connectivity index (χ4n) is 3.22. The maximum Gasteiger partial charge on any atom is 0.243 e. The van der Waals surface area contributed by atoms with Crippen molar-refractivity contribution in [2.24, 2.45) is 0 Å². The van der Waals surface area contributed by atoms with Crippen molar-refractivity contribution in [3.8, 4) is 0 Å². The van der Waals surface area contributed by atoms with Crippen LogP contribution in [0.4, 0.5) is 0 Å². The summed E-state index contributed by atoms with van der Waals surface area (Å²) < 4.78 is 26.9. The zero-order chi connectivity index (χ0) is 20.1. The van der Waals surface area contributed by atoms with Gasteiger partial charge in [-0.05, 0) is 30.7 Å². The molecular formula is C20H24ClN3O3S. The summed E-state index contributed by atoms with van der Waals surface area (Å²) in [5.41, 5.74) is 1.05. The number of amides is 1. The number of rotatable bonds is 6. The molecule has 2 aromatic rings. The highest BCUT2D eigenvalue weighted by Crippen LogP contribution is 2.21. The van der Waals surface area contributed by atoms with E-state index in [-0.39, 0.29) is 23.4 Å². The quantitative estimate of drug-likeness (QED) is 0.778. The average molecular weight is 422 g/mol. The number of benzene rings is 2. The molecule has 0 radical (unpaired) electrons. The smallest absolute Gasteiger partial charge is 0.243 e. The van der Waals surface area contributed by atoms with Gasteiger partial charge in [0.25, 0.3) is 0 Å². The maximum absolute atomic E-state index is 12.7. The third-order valence-electron chi connectivity index (χ3n) is 4.81. The zero-order valence-corrected chi connectivity index (χ0v) is 17.3. The highest BCUT2D eigenvalue weighted by Gasteiger charge is 2.29. The van der Waals surface area contributed by atoms with Crippen LogP contribution < -0.4 is 5.32 Å². The van der Waals surface area contributed by atoms with Crippen molar-refractivity contribution in [3.63, 3.8) is 0 Å². The summed E-state index contributed by atoms with van der Waals surface area (Å²) in [4.78, 5) is 14.5. The Hall–Kier alpha value is -1.93. The molecule has 1 atom stereocenters. The van der Waals surface area contributed by atoms with E-state index in [0.717, 1.165) is 5.56 Å². The number of nitrogens with zero attached hydrogens (tertiary/aromatic N) is 2. The van der Waals surface area contributed by atoms with Crippen LogP contribution in [0.15, 0.2) is 59.5 Å². The number of halogens is 1. The largest absolute Gasteiger partial charge is 0.348 e. The number of carbonyl (C=O) groups is 1. The molecule has 1 unspecified atom stereocenters. The van der Waals surface area contributed by atoms with Crippen LogP contribution in [0.5, 0.6) is 0 Å². The number of hydrogen-bond acceptors (Lipinski definition) is 4. The van der Waals surface area contributed by atoms with Gasteiger partial charge in [-0.25, -0.2) is 8.42 Å². The van der Waals surface area contributed by atoms with Crippen molar-refractivity contribution in [2.75, 3.05) is 32.7 Å².